The molecule has 0 aliphatic heterocycles. The van der Waals surface area contributed by atoms with Crippen LogP contribution >= 0.6 is 11.8 Å². The number of nitrogens with one attached hydrogen (secondary N) is 1. The van der Waals surface area contributed by atoms with Crippen LogP contribution in [0.15, 0.2) is 41.3 Å². The first kappa shape index (κ1) is 13.1. The van der Waals surface area contributed by atoms with E-state index in [1.807, 2.05) is 0 Å². The van der Waals surface area contributed by atoms with E-state index < -0.39 is 0 Å². The molecular formula is C15H20N2S. The zero-order valence-electron chi connectivity index (χ0n) is 11.4. The summed E-state index contributed by atoms with van der Waals surface area (Å²) in [5, 5.41) is 0. The zero-order valence-corrected chi connectivity index (χ0v) is 12.2. The van der Waals surface area contributed by atoms with E-state index in [1.165, 1.54) is 21.8 Å². The molecule has 0 saturated carbocycles. The third-order valence-electron chi connectivity index (χ3n) is 3.21. The fourth-order valence-corrected chi connectivity index (χ4v) is 2.44. The van der Waals surface area contributed by atoms with Gasteiger partial charge in [-0.1, -0.05) is 12.1 Å². The molecule has 2 nitrogen and oxygen atoms in total. The summed E-state index contributed by atoms with van der Waals surface area (Å²) in [7, 11) is 0. The molecule has 0 amide bonds. The summed E-state index contributed by atoms with van der Waals surface area (Å²) in [4.78, 5) is 1.30. The number of rotatable bonds is 4. The molecular weight excluding hydrogens is 240 g/mol. The van der Waals surface area contributed by atoms with E-state index in [4.69, 9.17) is 0 Å². The largest absolute Gasteiger partial charge is 0.319 e. The number of thioether (sulfide) groups is 1. The van der Waals surface area contributed by atoms with Gasteiger partial charge in [0.1, 0.15) is 0 Å². The van der Waals surface area contributed by atoms with Gasteiger partial charge in [0.05, 0.1) is 6.04 Å². The third-order valence-corrected chi connectivity index (χ3v) is 3.95. The lowest BCUT2D eigenvalue weighted by molar-refractivity contribution is 0.699. The van der Waals surface area contributed by atoms with Crippen LogP contribution in [0.25, 0.3) is 0 Å². The number of hydrogen-bond acceptors (Lipinski definition) is 2. The third kappa shape index (κ3) is 2.72. The molecule has 0 bridgehead atoms. The topological polar surface area (TPSA) is 17.0 Å². The van der Waals surface area contributed by atoms with E-state index in [2.05, 4.69) is 73.5 Å². The molecule has 0 aliphatic carbocycles. The van der Waals surface area contributed by atoms with Crippen LogP contribution in [0.4, 0.5) is 0 Å². The fraction of sp³-hybridized carbons (Fsp3) is 0.333. The second-order valence-corrected chi connectivity index (χ2v) is 5.46. The minimum atomic E-state index is 0.297. The first-order valence-electron chi connectivity index (χ1n) is 6.17. The average Bonchev–Trinajstić information content (AvgIpc) is 2.70. The zero-order chi connectivity index (χ0) is 13.1. The highest BCUT2D eigenvalue weighted by molar-refractivity contribution is 7.98. The fourth-order valence-electron chi connectivity index (χ4n) is 2.03. The highest BCUT2D eigenvalue weighted by Gasteiger charge is 2.07. The number of hydrogen-bond donors (Lipinski definition) is 1. The Morgan fingerprint density at radius 3 is 2.06 bits per heavy atom. The standard InChI is InChI=1S/C15H20N2S/c1-11-5-6-12(2)17(11)16-13(3)14-7-9-15(18-4)10-8-14/h5-10,13,16H,1-4H3. The van der Waals surface area contributed by atoms with Crippen molar-refractivity contribution in [3.8, 4) is 0 Å². The monoisotopic (exact) mass is 260 g/mol. The highest BCUT2D eigenvalue weighted by atomic mass is 32.2. The Bertz CT molecular complexity index is 494. The van der Waals surface area contributed by atoms with E-state index in [0.29, 0.717) is 6.04 Å². The molecule has 3 heteroatoms. The van der Waals surface area contributed by atoms with Crippen LogP contribution in [0.1, 0.15) is 29.9 Å². The molecule has 18 heavy (non-hydrogen) atoms. The Hall–Kier alpha value is -1.35. The van der Waals surface area contributed by atoms with E-state index in [-0.39, 0.29) is 0 Å². The Balaban J connectivity index is 2.14. The molecule has 1 unspecified atom stereocenters. The molecule has 0 aliphatic rings. The number of benzene rings is 1. The molecule has 0 spiro atoms. The van der Waals surface area contributed by atoms with Crippen molar-refractivity contribution in [2.24, 2.45) is 0 Å². The van der Waals surface area contributed by atoms with Gasteiger partial charge in [0, 0.05) is 16.3 Å². The van der Waals surface area contributed by atoms with Crippen molar-refractivity contribution in [3.05, 3.63) is 53.3 Å². The molecule has 1 aromatic heterocycles. The van der Waals surface area contributed by atoms with Crippen LogP contribution in [0.2, 0.25) is 0 Å². The summed E-state index contributed by atoms with van der Waals surface area (Å²) in [6.45, 7) is 6.42. The van der Waals surface area contributed by atoms with Crippen LogP contribution in [0.5, 0.6) is 0 Å². The van der Waals surface area contributed by atoms with Crippen LogP contribution < -0.4 is 5.43 Å². The molecule has 2 aromatic rings. The minimum absolute atomic E-state index is 0.297. The van der Waals surface area contributed by atoms with Crippen molar-refractivity contribution < 1.29 is 0 Å². The molecule has 1 atom stereocenters. The summed E-state index contributed by atoms with van der Waals surface area (Å²) in [6.07, 6.45) is 2.10. The van der Waals surface area contributed by atoms with Gasteiger partial charge in [0.2, 0.25) is 0 Å². The summed E-state index contributed by atoms with van der Waals surface area (Å²) in [5.41, 5.74) is 7.30. The van der Waals surface area contributed by atoms with Crippen LogP contribution in [-0.2, 0) is 0 Å². The van der Waals surface area contributed by atoms with Gasteiger partial charge >= 0.3 is 0 Å². The Morgan fingerprint density at radius 1 is 1.00 bits per heavy atom. The highest BCUT2D eigenvalue weighted by Crippen LogP contribution is 2.20. The molecule has 96 valence electrons. The quantitative estimate of drug-likeness (QED) is 0.832. The maximum Gasteiger partial charge on any atom is 0.0645 e. The number of aryl methyl sites for hydroxylation is 2. The van der Waals surface area contributed by atoms with Crippen LogP contribution in [0, 0.1) is 13.8 Å². The van der Waals surface area contributed by atoms with E-state index in [9.17, 15) is 0 Å². The van der Waals surface area contributed by atoms with Gasteiger partial charge < -0.3 is 5.43 Å². The van der Waals surface area contributed by atoms with E-state index in [0.717, 1.165) is 0 Å². The molecule has 0 fully saturated rings. The number of aromatic nitrogens is 1. The second kappa shape index (κ2) is 5.53. The summed E-state index contributed by atoms with van der Waals surface area (Å²) < 4.78 is 2.15. The Kier molecular flexibility index (Phi) is 4.02. The normalized spacial score (nSPS) is 12.4. The van der Waals surface area contributed by atoms with Crippen molar-refractivity contribution in [1.82, 2.24) is 4.68 Å². The first-order valence-corrected chi connectivity index (χ1v) is 7.39. The van der Waals surface area contributed by atoms with Gasteiger partial charge in [0.25, 0.3) is 0 Å². The predicted octanol–water partition coefficient (Wildman–Crippen LogP) is 4.13. The van der Waals surface area contributed by atoms with Crippen molar-refractivity contribution in [2.45, 2.75) is 31.7 Å². The van der Waals surface area contributed by atoms with E-state index >= 15 is 0 Å². The van der Waals surface area contributed by atoms with Gasteiger partial charge in [-0.25, -0.2) is 0 Å². The van der Waals surface area contributed by atoms with Crippen LogP contribution in [0.3, 0.4) is 0 Å². The maximum atomic E-state index is 3.52. The predicted molar refractivity (Wildman–Crippen MR) is 79.9 cm³/mol. The van der Waals surface area contributed by atoms with Gasteiger partial charge in [-0.2, -0.15) is 0 Å². The second-order valence-electron chi connectivity index (χ2n) is 4.58. The van der Waals surface area contributed by atoms with Crippen molar-refractivity contribution in [1.29, 1.82) is 0 Å². The lowest BCUT2D eigenvalue weighted by Gasteiger charge is -2.20. The van der Waals surface area contributed by atoms with Crippen LogP contribution in [-0.4, -0.2) is 10.9 Å². The van der Waals surface area contributed by atoms with E-state index in [1.54, 1.807) is 11.8 Å². The lowest BCUT2D eigenvalue weighted by Crippen LogP contribution is -2.20. The smallest absolute Gasteiger partial charge is 0.0645 e. The minimum Gasteiger partial charge on any atom is -0.319 e. The molecule has 1 N–H and O–H groups in total. The molecule has 0 saturated heterocycles. The van der Waals surface area contributed by atoms with Gasteiger partial charge in [-0.05, 0) is 56.9 Å². The molecule has 1 aromatic carbocycles. The molecule has 1 heterocycles. The SMILES string of the molecule is CSc1ccc(C(C)Nn2c(C)ccc2C)cc1. The first-order chi connectivity index (χ1) is 8.61. The molecule has 2 rings (SSSR count). The van der Waals surface area contributed by atoms with Crippen molar-refractivity contribution in [2.75, 3.05) is 11.7 Å². The van der Waals surface area contributed by atoms with Crippen molar-refractivity contribution >= 4 is 11.8 Å². The van der Waals surface area contributed by atoms with Gasteiger partial charge in [-0.15, -0.1) is 11.8 Å². The van der Waals surface area contributed by atoms with Gasteiger partial charge in [0.15, 0.2) is 0 Å². The summed E-state index contributed by atoms with van der Waals surface area (Å²) in [5.74, 6) is 0. The lowest BCUT2D eigenvalue weighted by atomic mass is 10.1. The van der Waals surface area contributed by atoms with Gasteiger partial charge in [-0.3, -0.25) is 4.68 Å². The maximum absolute atomic E-state index is 3.52. The molecule has 0 radical (unpaired) electrons. The Labute approximate surface area is 113 Å². The van der Waals surface area contributed by atoms with Crippen molar-refractivity contribution in [3.63, 3.8) is 0 Å². The number of nitrogens with zero attached hydrogens (tertiary/aromatic N) is 1. The summed E-state index contributed by atoms with van der Waals surface area (Å²) >= 11 is 1.77. The average molecular weight is 260 g/mol. The Morgan fingerprint density at radius 2 is 1.56 bits per heavy atom. The summed E-state index contributed by atoms with van der Waals surface area (Å²) in [6, 6.07) is 13.3.